The second kappa shape index (κ2) is 10.8. The molecule has 0 aliphatic heterocycles. The Balaban J connectivity index is 1.52. The van der Waals surface area contributed by atoms with Crippen LogP contribution >= 0.6 is 0 Å². The van der Waals surface area contributed by atoms with Gasteiger partial charge in [0.1, 0.15) is 11.6 Å². The number of hydrogen-bond acceptors (Lipinski definition) is 0. The predicted octanol–water partition coefficient (Wildman–Crippen LogP) is 8.98. The minimum Gasteiger partial charge on any atom is -0.206 e. The van der Waals surface area contributed by atoms with Crippen LogP contribution in [0.15, 0.2) is 30.4 Å². The van der Waals surface area contributed by atoms with E-state index in [0.29, 0.717) is 23.5 Å². The topological polar surface area (TPSA) is 0 Å². The van der Waals surface area contributed by atoms with Crippen molar-refractivity contribution >= 4 is 6.08 Å². The number of benzene rings is 1. The maximum Gasteiger partial charge on any atom is 0.409 e. The molecule has 0 unspecified atom stereocenters. The second-order valence-corrected chi connectivity index (χ2v) is 9.34. The number of halogens is 5. The smallest absolute Gasteiger partial charge is 0.206 e. The Hall–Kier alpha value is -1.65. The van der Waals surface area contributed by atoms with Crippen LogP contribution in [0.1, 0.15) is 88.2 Å². The fourth-order valence-corrected chi connectivity index (χ4v) is 5.21. The summed E-state index contributed by atoms with van der Waals surface area (Å²) in [7, 11) is 0. The Bertz CT molecular complexity index is 737. The van der Waals surface area contributed by atoms with Gasteiger partial charge in [-0.2, -0.15) is 13.2 Å². The van der Waals surface area contributed by atoms with Crippen LogP contribution in [-0.2, 0) is 0 Å². The Labute approximate surface area is 182 Å². The summed E-state index contributed by atoms with van der Waals surface area (Å²) in [6.45, 7) is 2.25. The zero-order valence-corrected chi connectivity index (χ0v) is 18.2. The lowest BCUT2D eigenvalue weighted by Gasteiger charge is -2.29. The van der Waals surface area contributed by atoms with Crippen molar-refractivity contribution in [1.29, 1.82) is 0 Å². The molecule has 0 heterocycles. The van der Waals surface area contributed by atoms with Crippen molar-refractivity contribution < 1.29 is 22.0 Å². The number of hydrogen-bond donors (Lipinski definition) is 0. The predicted molar refractivity (Wildman–Crippen MR) is 116 cm³/mol. The lowest BCUT2D eigenvalue weighted by Crippen LogP contribution is -2.15. The van der Waals surface area contributed by atoms with Crippen LogP contribution < -0.4 is 0 Å². The van der Waals surface area contributed by atoms with Crippen LogP contribution in [0.3, 0.4) is 0 Å². The molecule has 0 radical (unpaired) electrons. The van der Waals surface area contributed by atoms with E-state index in [1.807, 2.05) is 0 Å². The maximum absolute atomic E-state index is 14.3. The summed E-state index contributed by atoms with van der Waals surface area (Å²) in [4.78, 5) is 0. The highest BCUT2D eigenvalue weighted by molar-refractivity contribution is 5.52. The van der Waals surface area contributed by atoms with Crippen molar-refractivity contribution in [2.45, 2.75) is 83.2 Å². The van der Waals surface area contributed by atoms with Gasteiger partial charge in [0, 0.05) is 11.6 Å². The molecule has 0 bridgehead atoms. The van der Waals surface area contributed by atoms with Crippen molar-refractivity contribution in [2.24, 2.45) is 17.8 Å². The van der Waals surface area contributed by atoms with Crippen LogP contribution in [0, 0.1) is 29.4 Å². The zero-order chi connectivity index (χ0) is 22.4. The quantitative estimate of drug-likeness (QED) is 0.306. The van der Waals surface area contributed by atoms with Crippen molar-refractivity contribution in [3.8, 4) is 0 Å². The molecule has 5 heteroatoms. The first-order chi connectivity index (χ1) is 14.7. The molecule has 2 aliphatic carbocycles. The Morgan fingerprint density at radius 1 is 0.839 bits per heavy atom. The first-order valence-electron chi connectivity index (χ1n) is 11.7. The molecule has 0 aromatic heterocycles. The summed E-state index contributed by atoms with van der Waals surface area (Å²) in [5.74, 6) is 0.284. The van der Waals surface area contributed by atoms with E-state index >= 15 is 0 Å². The molecule has 0 nitrogen and oxygen atoms in total. The Kier molecular flexibility index (Phi) is 8.35. The number of alkyl halides is 3. The van der Waals surface area contributed by atoms with Gasteiger partial charge < -0.3 is 0 Å². The van der Waals surface area contributed by atoms with Crippen molar-refractivity contribution in [2.75, 3.05) is 0 Å². The van der Waals surface area contributed by atoms with E-state index in [1.165, 1.54) is 50.7 Å². The lowest BCUT2D eigenvalue weighted by atomic mass is 9.76. The third-order valence-corrected chi connectivity index (χ3v) is 7.03. The third kappa shape index (κ3) is 7.18. The highest BCUT2D eigenvalue weighted by Gasteiger charge is 2.25. The standard InChI is InChI=1S/C26H33F5/c1-2-3-18-4-6-19(7-5-18)8-9-20-10-12-21(13-11-20)22-16-24(27)23(25(28)17-22)14-15-26(29,30)31/h8-9,14-21H,2-7,10-13H2,1H3. The van der Waals surface area contributed by atoms with E-state index in [9.17, 15) is 22.0 Å². The summed E-state index contributed by atoms with van der Waals surface area (Å²) >= 11 is 0. The molecule has 1 aromatic rings. The van der Waals surface area contributed by atoms with Crippen LogP contribution in [0.4, 0.5) is 22.0 Å². The van der Waals surface area contributed by atoms with Gasteiger partial charge in [0.15, 0.2) is 0 Å². The van der Waals surface area contributed by atoms with E-state index in [2.05, 4.69) is 19.1 Å². The summed E-state index contributed by atoms with van der Waals surface area (Å²) in [6.07, 6.45) is 12.0. The van der Waals surface area contributed by atoms with Crippen molar-refractivity contribution in [3.05, 3.63) is 53.1 Å². The largest absolute Gasteiger partial charge is 0.409 e. The van der Waals surface area contributed by atoms with E-state index in [0.717, 1.165) is 31.6 Å². The monoisotopic (exact) mass is 440 g/mol. The molecule has 0 amide bonds. The highest BCUT2D eigenvalue weighted by Crippen LogP contribution is 2.38. The summed E-state index contributed by atoms with van der Waals surface area (Å²) < 4.78 is 65.4. The molecule has 0 N–H and O–H groups in total. The average Bonchev–Trinajstić information content (AvgIpc) is 2.72. The van der Waals surface area contributed by atoms with Gasteiger partial charge in [0.2, 0.25) is 0 Å². The minimum absolute atomic E-state index is 0.0544. The van der Waals surface area contributed by atoms with Gasteiger partial charge in [-0.05, 0) is 98.8 Å². The normalized spacial score (nSPS) is 27.9. The van der Waals surface area contributed by atoms with Gasteiger partial charge in [-0.15, -0.1) is 0 Å². The van der Waals surface area contributed by atoms with Gasteiger partial charge >= 0.3 is 6.18 Å². The average molecular weight is 441 g/mol. The first-order valence-corrected chi connectivity index (χ1v) is 11.7. The molecule has 172 valence electrons. The Morgan fingerprint density at radius 3 is 1.84 bits per heavy atom. The zero-order valence-electron chi connectivity index (χ0n) is 18.2. The molecule has 2 fully saturated rings. The molecule has 0 spiro atoms. The summed E-state index contributed by atoms with van der Waals surface area (Å²) in [5, 5.41) is 0. The molecule has 0 saturated heterocycles. The van der Waals surface area contributed by atoms with Gasteiger partial charge in [-0.1, -0.05) is 31.9 Å². The molecular formula is C26H33F5. The van der Waals surface area contributed by atoms with Crippen LogP contribution in [-0.4, -0.2) is 6.18 Å². The summed E-state index contributed by atoms with van der Waals surface area (Å²) in [5.41, 5.74) is -0.0813. The van der Waals surface area contributed by atoms with Gasteiger partial charge in [-0.3, -0.25) is 0 Å². The summed E-state index contributed by atoms with van der Waals surface area (Å²) in [6, 6.07) is 2.41. The first kappa shape index (κ1) is 24.0. The molecule has 31 heavy (non-hydrogen) atoms. The molecule has 1 aromatic carbocycles. The van der Waals surface area contributed by atoms with Crippen molar-refractivity contribution in [1.82, 2.24) is 0 Å². The highest BCUT2D eigenvalue weighted by atomic mass is 19.4. The molecular weight excluding hydrogens is 407 g/mol. The third-order valence-electron chi connectivity index (χ3n) is 7.03. The van der Waals surface area contributed by atoms with E-state index in [1.54, 1.807) is 0 Å². The maximum atomic E-state index is 14.3. The number of allylic oxidation sites excluding steroid dienone is 3. The van der Waals surface area contributed by atoms with E-state index < -0.39 is 23.4 Å². The second-order valence-electron chi connectivity index (χ2n) is 9.34. The van der Waals surface area contributed by atoms with Crippen molar-refractivity contribution in [3.63, 3.8) is 0 Å². The van der Waals surface area contributed by atoms with Gasteiger partial charge in [-0.25, -0.2) is 8.78 Å². The van der Waals surface area contributed by atoms with E-state index in [4.69, 9.17) is 0 Å². The number of rotatable bonds is 6. The Morgan fingerprint density at radius 2 is 1.35 bits per heavy atom. The van der Waals surface area contributed by atoms with Crippen LogP contribution in [0.5, 0.6) is 0 Å². The minimum atomic E-state index is -4.60. The van der Waals surface area contributed by atoms with E-state index in [-0.39, 0.29) is 12.0 Å². The van der Waals surface area contributed by atoms with Gasteiger partial charge in [0.05, 0.1) is 0 Å². The van der Waals surface area contributed by atoms with Gasteiger partial charge in [0.25, 0.3) is 0 Å². The molecule has 3 rings (SSSR count). The fraction of sp³-hybridized carbons (Fsp3) is 0.615. The molecule has 2 saturated carbocycles. The lowest BCUT2D eigenvalue weighted by molar-refractivity contribution is -0.0790. The van der Waals surface area contributed by atoms with Crippen LogP contribution in [0.2, 0.25) is 0 Å². The molecule has 0 atom stereocenters. The fourth-order valence-electron chi connectivity index (χ4n) is 5.21. The van der Waals surface area contributed by atoms with Crippen LogP contribution in [0.25, 0.3) is 6.08 Å². The molecule has 2 aliphatic rings. The SMILES string of the molecule is CCCC1CCC(C=CC2CCC(c3cc(F)c(C=CC(F)(F)F)c(F)c3)CC2)CC1.